The van der Waals surface area contributed by atoms with Gasteiger partial charge >= 0.3 is 0 Å². The van der Waals surface area contributed by atoms with Crippen molar-refractivity contribution in [3.05, 3.63) is 25.2 Å². The second-order valence-corrected chi connectivity index (χ2v) is 1.08. The molecular weight excluding hydrogens is 104 g/mol. The monoisotopic (exact) mass is 112 g/mol. The van der Waals surface area contributed by atoms with Crippen LogP contribution in [0.25, 0.3) is 0 Å². The van der Waals surface area contributed by atoms with Crippen molar-refractivity contribution in [2.75, 3.05) is 0 Å². The van der Waals surface area contributed by atoms with E-state index in [1.165, 1.54) is 12.5 Å². The fourth-order valence-electron chi connectivity index (χ4n) is 0.222. The van der Waals surface area contributed by atoms with Gasteiger partial charge in [-0.1, -0.05) is 6.58 Å². The molecular formula is C6H8O2. The molecule has 0 unspecified atom stereocenters. The minimum Gasteiger partial charge on any atom is -0.474 e. The summed E-state index contributed by atoms with van der Waals surface area (Å²) in [6.45, 7) is 3.30. The van der Waals surface area contributed by atoms with Gasteiger partial charge in [-0.2, -0.15) is 0 Å². The van der Waals surface area contributed by atoms with E-state index in [2.05, 4.69) is 11.3 Å². The second kappa shape index (κ2) is 5.95. The summed E-state index contributed by atoms with van der Waals surface area (Å²) in [4.78, 5) is 9.64. The van der Waals surface area contributed by atoms with Crippen LogP contribution >= 0.6 is 0 Å². The quantitative estimate of drug-likeness (QED) is 0.404. The lowest BCUT2D eigenvalue weighted by molar-refractivity contribution is -0.107. The van der Waals surface area contributed by atoms with Gasteiger partial charge in [0.2, 0.25) is 0 Å². The van der Waals surface area contributed by atoms with E-state index in [9.17, 15) is 4.79 Å². The molecule has 2 nitrogen and oxygen atoms in total. The zero-order valence-corrected chi connectivity index (χ0v) is 4.54. The predicted octanol–water partition coefficient (Wildman–Crippen LogP) is 1.25. The molecule has 0 aromatic carbocycles. The third-order valence-corrected chi connectivity index (χ3v) is 0.503. The predicted molar refractivity (Wildman–Crippen MR) is 31.1 cm³/mol. The molecule has 0 N–H and O–H groups in total. The number of carbonyl (C=O) groups excluding carboxylic acids is 1. The third kappa shape index (κ3) is 4.95. The Kier molecular flexibility index (Phi) is 5.17. The van der Waals surface area contributed by atoms with Crippen LogP contribution in [-0.4, -0.2) is 6.29 Å². The van der Waals surface area contributed by atoms with Gasteiger partial charge in [0, 0.05) is 6.42 Å². The number of aldehydes is 1. The minimum atomic E-state index is 0.397. The van der Waals surface area contributed by atoms with E-state index in [0.29, 0.717) is 6.42 Å². The van der Waals surface area contributed by atoms with Crippen molar-refractivity contribution in [1.29, 1.82) is 0 Å². The average molecular weight is 112 g/mol. The van der Waals surface area contributed by atoms with Crippen LogP contribution in [0.5, 0.6) is 0 Å². The van der Waals surface area contributed by atoms with Gasteiger partial charge in [0.05, 0.1) is 12.5 Å². The summed E-state index contributed by atoms with van der Waals surface area (Å²) in [6.07, 6.45) is 5.51. The van der Waals surface area contributed by atoms with E-state index in [4.69, 9.17) is 0 Å². The van der Waals surface area contributed by atoms with Gasteiger partial charge in [0.25, 0.3) is 0 Å². The van der Waals surface area contributed by atoms with Crippen molar-refractivity contribution in [2.45, 2.75) is 6.42 Å². The largest absolute Gasteiger partial charge is 0.474 e. The fourth-order valence-corrected chi connectivity index (χ4v) is 0.222. The average Bonchev–Trinajstić information content (AvgIpc) is 1.81. The Labute approximate surface area is 48.5 Å². The molecule has 0 radical (unpaired) electrons. The number of hydrogen-bond donors (Lipinski definition) is 0. The topological polar surface area (TPSA) is 26.3 Å². The first kappa shape index (κ1) is 6.95. The summed E-state index contributed by atoms with van der Waals surface area (Å²) in [7, 11) is 0. The Balaban J connectivity index is 3.06. The maximum atomic E-state index is 9.64. The van der Waals surface area contributed by atoms with Gasteiger partial charge in [0.15, 0.2) is 0 Å². The molecule has 2 heteroatoms. The van der Waals surface area contributed by atoms with Crippen LogP contribution in [0.4, 0.5) is 0 Å². The lowest BCUT2D eigenvalue weighted by Gasteiger charge is -1.82. The van der Waals surface area contributed by atoms with E-state index < -0.39 is 0 Å². The Hall–Kier alpha value is -1.05. The summed E-state index contributed by atoms with van der Waals surface area (Å²) in [6, 6.07) is 0. The molecule has 0 fully saturated rings. The minimum absolute atomic E-state index is 0.397. The van der Waals surface area contributed by atoms with Gasteiger partial charge in [-0.3, -0.25) is 0 Å². The van der Waals surface area contributed by atoms with Gasteiger partial charge < -0.3 is 9.53 Å². The standard InChI is InChI=1S/C6H8O2/c1-2-8-6-4-3-5-7/h2,4-6H,1,3H2. The van der Waals surface area contributed by atoms with E-state index in [0.717, 1.165) is 6.29 Å². The number of allylic oxidation sites excluding steroid dienone is 1. The van der Waals surface area contributed by atoms with Crippen molar-refractivity contribution in [3.63, 3.8) is 0 Å². The summed E-state index contributed by atoms with van der Waals surface area (Å²) >= 11 is 0. The zero-order chi connectivity index (χ0) is 6.24. The Morgan fingerprint density at radius 1 is 1.62 bits per heavy atom. The fraction of sp³-hybridized carbons (Fsp3) is 0.167. The molecule has 0 atom stereocenters. The smallest absolute Gasteiger partial charge is 0.123 e. The first-order chi connectivity index (χ1) is 3.91. The molecule has 0 aliphatic heterocycles. The molecule has 44 valence electrons. The summed E-state index contributed by atoms with van der Waals surface area (Å²) in [5, 5.41) is 0. The van der Waals surface area contributed by atoms with E-state index >= 15 is 0 Å². The molecule has 0 amide bonds. The zero-order valence-electron chi connectivity index (χ0n) is 4.54. The van der Waals surface area contributed by atoms with Crippen molar-refractivity contribution in [3.8, 4) is 0 Å². The van der Waals surface area contributed by atoms with Crippen LogP contribution in [0.15, 0.2) is 25.2 Å². The van der Waals surface area contributed by atoms with E-state index in [-0.39, 0.29) is 0 Å². The third-order valence-electron chi connectivity index (χ3n) is 0.503. The van der Waals surface area contributed by atoms with Gasteiger partial charge in [-0.25, -0.2) is 0 Å². The van der Waals surface area contributed by atoms with Gasteiger partial charge in [-0.15, -0.1) is 0 Å². The molecule has 0 saturated heterocycles. The molecule has 0 heterocycles. The maximum absolute atomic E-state index is 9.64. The van der Waals surface area contributed by atoms with Gasteiger partial charge in [-0.05, 0) is 6.08 Å². The van der Waals surface area contributed by atoms with E-state index in [1.807, 2.05) is 0 Å². The molecule has 0 aliphatic rings. The van der Waals surface area contributed by atoms with Crippen LogP contribution in [-0.2, 0) is 9.53 Å². The van der Waals surface area contributed by atoms with Crippen molar-refractivity contribution in [2.24, 2.45) is 0 Å². The first-order valence-corrected chi connectivity index (χ1v) is 2.27. The molecule has 0 saturated carbocycles. The van der Waals surface area contributed by atoms with Crippen LogP contribution in [0, 0.1) is 0 Å². The van der Waals surface area contributed by atoms with E-state index in [1.54, 1.807) is 6.08 Å². The number of rotatable bonds is 4. The Morgan fingerprint density at radius 3 is 2.88 bits per heavy atom. The number of carbonyl (C=O) groups is 1. The molecule has 0 aromatic rings. The van der Waals surface area contributed by atoms with Crippen molar-refractivity contribution >= 4 is 6.29 Å². The first-order valence-electron chi connectivity index (χ1n) is 2.27. The number of hydrogen-bond acceptors (Lipinski definition) is 2. The second-order valence-electron chi connectivity index (χ2n) is 1.08. The Bertz CT molecular complexity index is 82.7. The number of ether oxygens (including phenoxy) is 1. The molecule has 0 aliphatic carbocycles. The summed E-state index contributed by atoms with van der Waals surface area (Å²) in [5.41, 5.74) is 0. The van der Waals surface area contributed by atoms with Crippen LogP contribution in [0.1, 0.15) is 6.42 Å². The molecule has 0 bridgehead atoms. The molecule has 0 spiro atoms. The lowest BCUT2D eigenvalue weighted by Crippen LogP contribution is -1.66. The van der Waals surface area contributed by atoms with Crippen LogP contribution in [0.3, 0.4) is 0 Å². The highest BCUT2D eigenvalue weighted by atomic mass is 16.5. The highest BCUT2D eigenvalue weighted by Crippen LogP contribution is 1.79. The SMILES string of the molecule is C=COC=CCC=O. The van der Waals surface area contributed by atoms with Crippen LogP contribution < -0.4 is 0 Å². The molecule has 0 rings (SSSR count). The molecule has 8 heavy (non-hydrogen) atoms. The highest BCUT2D eigenvalue weighted by molar-refractivity contribution is 5.51. The summed E-state index contributed by atoms with van der Waals surface area (Å²) in [5.74, 6) is 0. The Morgan fingerprint density at radius 2 is 2.38 bits per heavy atom. The van der Waals surface area contributed by atoms with Crippen molar-refractivity contribution in [1.82, 2.24) is 0 Å². The summed E-state index contributed by atoms with van der Waals surface area (Å²) < 4.78 is 4.56. The molecule has 0 aromatic heterocycles. The van der Waals surface area contributed by atoms with Crippen molar-refractivity contribution < 1.29 is 9.53 Å². The highest BCUT2D eigenvalue weighted by Gasteiger charge is 1.68. The van der Waals surface area contributed by atoms with Gasteiger partial charge in [0.1, 0.15) is 6.29 Å². The van der Waals surface area contributed by atoms with Crippen LogP contribution in [0.2, 0.25) is 0 Å². The normalized spacial score (nSPS) is 9.00. The maximum Gasteiger partial charge on any atom is 0.123 e. The lowest BCUT2D eigenvalue weighted by atomic mass is 10.5.